The van der Waals surface area contributed by atoms with E-state index in [0.717, 1.165) is 6.54 Å². The average Bonchev–Trinajstić information content (AvgIpc) is 2.80. The maximum absolute atomic E-state index is 12.0. The monoisotopic (exact) mass is 286 g/mol. The van der Waals surface area contributed by atoms with Crippen LogP contribution in [0.1, 0.15) is 55.1 Å². The Morgan fingerprint density at radius 2 is 2.26 bits per heavy atom. The highest BCUT2D eigenvalue weighted by molar-refractivity contribution is 5.94. The van der Waals surface area contributed by atoms with E-state index >= 15 is 0 Å². The van der Waals surface area contributed by atoms with Crippen molar-refractivity contribution in [3.8, 4) is 0 Å². The van der Waals surface area contributed by atoms with Gasteiger partial charge in [-0.1, -0.05) is 19.8 Å². The van der Waals surface area contributed by atoms with Gasteiger partial charge < -0.3 is 15.5 Å². The van der Waals surface area contributed by atoms with Crippen LogP contribution in [0.4, 0.5) is 0 Å². The Morgan fingerprint density at radius 1 is 1.53 bits per heavy atom. The Hall–Kier alpha value is -1.00. The summed E-state index contributed by atoms with van der Waals surface area (Å²) in [6.07, 6.45) is 7.62. The molecule has 1 aliphatic carbocycles. The molecular weight excluding hydrogens is 264 g/mol. The highest BCUT2D eigenvalue weighted by Gasteiger charge is 2.36. The molecule has 0 unspecified atom stereocenters. The third kappa shape index (κ3) is 3.74. The van der Waals surface area contributed by atoms with Gasteiger partial charge in [0.1, 0.15) is 12.0 Å². The number of amides is 1. The second kappa shape index (κ2) is 6.96. The van der Waals surface area contributed by atoms with Gasteiger partial charge in [0.05, 0.1) is 12.1 Å². The standard InChI is InChI=1S/C14H22N2O2.ClH/c1-2-4-14(5-3-6-14)10-16-13(17)11-7-12(8-15)18-9-11;/h7,9H,2-6,8,10,15H2,1H3,(H,16,17);1H. The zero-order chi connectivity index (χ0) is 13.0. The number of nitrogens with one attached hydrogen (secondary N) is 1. The van der Waals surface area contributed by atoms with Crippen molar-refractivity contribution in [2.45, 2.75) is 45.6 Å². The predicted molar refractivity (Wildman–Crippen MR) is 77.4 cm³/mol. The van der Waals surface area contributed by atoms with Gasteiger partial charge in [0.25, 0.3) is 5.91 Å². The predicted octanol–water partition coefficient (Wildman–Crippen LogP) is 2.86. The van der Waals surface area contributed by atoms with Crippen LogP contribution >= 0.6 is 12.4 Å². The lowest BCUT2D eigenvalue weighted by Crippen LogP contribution is -2.42. The number of hydrogen-bond donors (Lipinski definition) is 2. The highest BCUT2D eigenvalue weighted by Crippen LogP contribution is 2.44. The molecule has 0 aromatic carbocycles. The van der Waals surface area contributed by atoms with Gasteiger partial charge in [-0.25, -0.2) is 0 Å². The third-order valence-electron chi connectivity index (χ3n) is 3.94. The largest absolute Gasteiger partial charge is 0.467 e. The minimum atomic E-state index is -0.0548. The maximum Gasteiger partial charge on any atom is 0.254 e. The molecule has 0 radical (unpaired) electrons. The van der Waals surface area contributed by atoms with Gasteiger partial charge >= 0.3 is 0 Å². The molecule has 0 bridgehead atoms. The van der Waals surface area contributed by atoms with Crippen molar-refractivity contribution in [3.05, 3.63) is 23.7 Å². The fourth-order valence-electron chi connectivity index (χ4n) is 2.70. The van der Waals surface area contributed by atoms with E-state index in [1.54, 1.807) is 6.07 Å². The summed E-state index contributed by atoms with van der Waals surface area (Å²) in [5, 5.41) is 3.02. The van der Waals surface area contributed by atoms with Crippen molar-refractivity contribution in [2.75, 3.05) is 6.54 Å². The SMILES string of the molecule is CCCC1(CNC(=O)c2coc(CN)c2)CCC1.Cl. The number of nitrogens with two attached hydrogens (primary N) is 1. The fourth-order valence-corrected chi connectivity index (χ4v) is 2.70. The number of hydrogen-bond acceptors (Lipinski definition) is 3. The van der Waals surface area contributed by atoms with Gasteiger partial charge in [-0.05, 0) is 30.7 Å². The minimum Gasteiger partial charge on any atom is -0.467 e. The van der Waals surface area contributed by atoms with E-state index in [1.807, 2.05) is 0 Å². The van der Waals surface area contributed by atoms with Crippen molar-refractivity contribution in [1.29, 1.82) is 0 Å². The van der Waals surface area contributed by atoms with Crippen molar-refractivity contribution in [3.63, 3.8) is 0 Å². The molecular formula is C14H23ClN2O2. The van der Waals surface area contributed by atoms with Crippen LogP contribution in [0.15, 0.2) is 16.7 Å². The molecule has 19 heavy (non-hydrogen) atoms. The van der Waals surface area contributed by atoms with Gasteiger partial charge in [0, 0.05) is 6.54 Å². The second-order valence-corrected chi connectivity index (χ2v) is 5.29. The van der Waals surface area contributed by atoms with E-state index in [0.29, 0.717) is 23.3 Å². The Morgan fingerprint density at radius 3 is 2.74 bits per heavy atom. The minimum absolute atomic E-state index is 0. The van der Waals surface area contributed by atoms with E-state index in [4.69, 9.17) is 10.2 Å². The van der Waals surface area contributed by atoms with E-state index in [9.17, 15) is 4.79 Å². The molecule has 0 spiro atoms. The molecule has 0 aliphatic heterocycles. The Labute approximate surface area is 120 Å². The van der Waals surface area contributed by atoms with Crippen LogP contribution in [0.3, 0.4) is 0 Å². The Bertz CT molecular complexity index is 413. The van der Waals surface area contributed by atoms with Gasteiger partial charge in [-0.3, -0.25) is 4.79 Å². The van der Waals surface area contributed by atoms with Crippen LogP contribution in [-0.2, 0) is 6.54 Å². The molecule has 0 atom stereocenters. The van der Waals surface area contributed by atoms with Gasteiger partial charge in [-0.2, -0.15) is 0 Å². The smallest absolute Gasteiger partial charge is 0.254 e. The highest BCUT2D eigenvalue weighted by atomic mass is 35.5. The second-order valence-electron chi connectivity index (χ2n) is 5.29. The van der Waals surface area contributed by atoms with Crippen LogP contribution in [0.25, 0.3) is 0 Å². The number of carbonyl (C=O) groups is 1. The summed E-state index contributed by atoms with van der Waals surface area (Å²) in [5.74, 6) is 0.591. The number of rotatable bonds is 6. The molecule has 1 amide bonds. The molecule has 2 rings (SSSR count). The lowest BCUT2D eigenvalue weighted by molar-refractivity contribution is 0.0832. The number of carbonyl (C=O) groups excluding carboxylic acids is 1. The van der Waals surface area contributed by atoms with Crippen LogP contribution in [-0.4, -0.2) is 12.5 Å². The zero-order valence-corrected chi connectivity index (χ0v) is 12.2. The first-order valence-electron chi connectivity index (χ1n) is 6.75. The molecule has 1 aliphatic rings. The fraction of sp³-hybridized carbons (Fsp3) is 0.643. The van der Waals surface area contributed by atoms with Crippen molar-refractivity contribution in [2.24, 2.45) is 11.1 Å². The molecule has 1 fully saturated rings. The van der Waals surface area contributed by atoms with E-state index < -0.39 is 0 Å². The first-order valence-corrected chi connectivity index (χ1v) is 6.75. The van der Waals surface area contributed by atoms with Gasteiger partial charge in [0.15, 0.2) is 0 Å². The lowest BCUT2D eigenvalue weighted by atomic mass is 9.66. The molecule has 5 heteroatoms. The molecule has 1 aromatic heterocycles. The Kier molecular flexibility index (Phi) is 5.88. The topological polar surface area (TPSA) is 68.3 Å². The van der Waals surface area contributed by atoms with Crippen molar-refractivity contribution in [1.82, 2.24) is 5.32 Å². The molecule has 1 saturated carbocycles. The van der Waals surface area contributed by atoms with Gasteiger partial charge in [-0.15, -0.1) is 12.4 Å². The van der Waals surface area contributed by atoms with Crippen molar-refractivity contribution >= 4 is 18.3 Å². The number of halogens is 1. The van der Waals surface area contributed by atoms with E-state index in [1.165, 1.54) is 38.4 Å². The van der Waals surface area contributed by atoms with Gasteiger partial charge in [0.2, 0.25) is 0 Å². The van der Waals surface area contributed by atoms with Crippen LogP contribution in [0.5, 0.6) is 0 Å². The van der Waals surface area contributed by atoms with Crippen molar-refractivity contribution < 1.29 is 9.21 Å². The maximum atomic E-state index is 12.0. The quantitative estimate of drug-likeness (QED) is 0.845. The van der Waals surface area contributed by atoms with Crippen LogP contribution in [0, 0.1) is 5.41 Å². The molecule has 1 heterocycles. The van der Waals surface area contributed by atoms with Crippen LogP contribution in [0.2, 0.25) is 0 Å². The molecule has 0 saturated heterocycles. The average molecular weight is 287 g/mol. The van der Waals surface area contributed by atoms with E-state index in [2.05, 4.69) is 12.2 Å². The lowest BCUT2D eigenvalue weighted by Gasteiger charge is -2.42. The molecule has 3 N–H and O–H groups in total. The van der Waals surface area contributed by atoms with E-state index in [-0.39, 0.29) is 18.3 Å². The Balaban J connectivity index is 0.00000180. The molecule has 108 valence electrons. The molecule has 1 aromatic rings. The first kappa shape index (κ1) is 16.1. The summed E-state index contributed by atoms with van der Waals surface area (Å²) in [6, 6.07) is 1.71. The van der Waals surface area contributed by atoms with Crippen LogP contribution < -0.4 is 11.1 Å². The number of furan rings is 1. The zero-order valence-electron chi connectivity index (χ0n) is 11.4. The molecule has 4 nitrogen and oxygen atoms in total. The summed E-state index contributed by atoms with van der Waals surface area (Å²) in [5.41, 5.74) is 6.37. The normalized spacial score (nSPS) is 16.3. The summed E-state index contributed by atoms with van der Waals surface area (Å²) in [7, 11) is 0. The summed E-state index contributed by atoms with van der Waals surface area (Å²) in [6.45, 7) is 3.31. The summed E-state index contributed by atoms with van der Waals surface area (Å²) < 4.78 is 5.17. The first-order chi connectivity index (χ1) is 8.69. The third-order valence-corrected chi connectivity index (χ3v) is 3.94. The summed E-state index contributed by atoms with van der Waals surface area (Å²) in [4.78, 5) is 12.0. The summed E-state index contributed by atoms with van der Waals surface area (Å²) >= 11 is 0.